The number of thiocarbonyl (C=S) groups is 1. The topological polar surface area (TPSA) is 84.2 Å². The van der Waals surface area contributed by atoms with Gasteiger partial charge in [-0.05, 0) is 48.0 Å². The summed E-state index contributed by atoms with van der Waals surface area (Å²) >= 11 is 5.41. The molecule has 144 valence electrons. The molecular weight excluding hydrogens is 390 g/mol. The zero-order valence-electron chi connectivity index (χ0n) is 15.1. The fourth-order valence-corrected chi connectivity index (χ4v) is 3.52. The molecule has 0 aromatic heterocycles. The molecule has 0 heterocycles. The highest BCUT2D eigenvalue weighted by Crippen LogP contribution is 2.27. The van der Waals surface area contributed by atoms with E-state index < -0.39 is 10.0 Å². The summed E-state index contributed by atoms with van der Waals surface area (Å²) in [6.07, 6.45) is 0.701. The summed E-state index contributed by atoms with van der Waals surface area (Å²) in [6.45, 7) is 0.619. The average Bonchev–Trinajstić information content (AvgIpc) is 2.69. The van der Waals surface area contributed by atoms with E-state index in [2.05, 4.69) is 22.8 Å². The monoisotopic (exact) mass is 411 g/mol. The van der Waals surface area contributed by atoms with Crippen molar-refractivity contribution in [1.29, 1.82) is 0 Å². The number of benzene rings is 3. The van der Waals surface area contributed by atoms with Crippen molar-refractivity contribution in [3.05, 3.63) is 84.4 Å². The molecule has 0 saturated heterocycles. The van der Waals surface area contributed by atoms with Gasteiger partial charge in [-0.15, -0.1) is 0 Å². The van der Waals surface area contributed by atoms with Gasteiger partial charge in [0.25, 0.3) is 0 Å². The lowest BCUT2D eigenvalue weighted by Crippen LogP contribution is -2.30. The first kappa shape index (κ1) is 20.0. The summed E-state index contributed by atoms with van der Waals surface area (Å²) in [6, 6.07) is 24.6. The van der Waals surface area contributed by atoms with E-state index >= 15 is 0 Å². The maximum Gasteiger partial charge on any atom is 0.238 e. The minimum absolute atomic E-state index is 0.110. The Labute approximate surface area is 170 Å². The number of hydrogen-bond donors (Lipinski definition) is 3. The minimum atomic E-state index is -3.66. The van der Waals surface area contributed by atoms with Crippen LogP contribution in [-0.2, 0) is 16.4 Å². The van der Waals surface area contributed by atoms with Gasteiger partial charge in [0.15, 0.2) is 5.11 Å². The third-order valence-corrected chi connectivity index (χ3v) is 5.39. The molecule has 0 amide bonds. The van der Waals surface area contributed by atoms with Crippen molar-refractivity contribution in [3.8, 4) is 11.1 Å². The Bertz CT molecular complexity index is 1050. The van der Waals surface area contributed by atoms with Gasteiger partial charge >= 0.3 is 0 Å². The van der Waals surface area contributed by atoms with Gasteiger partial charge in [0.1, 0.15) is 0 Å². The van der Waals surface area contributed by atoms with Crippen LogP contribution in [0.1, 0.15) is 5.56 Å². The minimum Gasteiger partial charge on any atom is -0.362 e. The average molecular weight is 412 g/mol. The van der Waals surface area contributed by atoms with E-state index in [-0.39, 0.29) is 4.90 Å². The first-order chi connectivity index (χ1) is 13.4. The van der Waals surface area contributed by atoms with Crippen LogP contribution in [0, 0.1) is 0 Å². The lowest BCUT2D eigenvalue weighted by atomic mass is 10.0. The first-order valence-electron chi connectivity index (χ1n) is 8.74. The summed E-state index contributed by atoms with van der Waals surface area (Å²) in [4.78, 5) is 0.110. The quantitative estimate of drug-likeness (QED) is 0.541. The Kier molecular flexibility index (Phi) is 6.41. The molecule has 0 unspecified atom stereocenters. The highest BCUT2D eigenvalue weighted by Gasteiger charge is 2.07. The van der Waals surface area contributed by atoms with Crippen LogP contribution in [0.25, 0.3) is 11.1 Å². The van der Waals surface area contributed by atoms with Crippen LogP contribution in [0.2, 0.25) is 0 Å². The van der Waals surface area contributed by atoms with E-state index in [1.165, 1.54) is 12.1 Å². The molecule has 0 aliphatic rings. The van der Waals surface area contributed by atoms with Crippen molar-refractivity contribution >= 4 is 33.0 Å². The molecule has 3 aromatic carbocycles. The van der Waals surface area contributed by atoms with Crippen LogP contribution in [0.4, 0.5) is 5.69 Å². The van der Waals surface area contributed by atoms with Crippen LogP contribution >= 0.6 is 12.2 Å². The fraction of sp³-hybridized carbons (Fsp3) is 0.0952. The molecule has 0 aliphatic carbocycles. The molecule has 0 radical (unpaired) electrons. The predicted molar refractivity (Wildman–Crippen MR) is 118 cm³/mol. The zero-order chi connectivity index (χ0) is 20.0. The third kappa shape index (κ3) is 5.39. The second-order valence-electron chi connectivity index (χ2n) is 6.23. The highest BCUT2D eigenvalue weighted by molar-refractivity contribution is 7.89. The SMILES string of the molecule is NS(=O)(=O)c1ccc(CCNC(=S)Nc2ccccc2-c2ccccc2)cc1. The second-order valence-corrected chi connectivity index (χ2v) is 8.20. The van der Waals surface area contributed by atoms with Crippen LogP contribution in [0.5, 0.6) is 0 Å². The molecule has 0 aliphatic heterocycles. The van der Waals surface area contributed by atoms with Crippen molar-refractivity contribution in [2.45, 2.75) is 11.3 Å². The summed E-state index contributed by atoms with van der Waals surface area (Å²) in [5.41, 5.74) is 4.12. The molecule has 0 bridgehead atoms. The van der Waals surface area contributed by atoms with Gasteiger partial charge in [-0.25, -0.2) is 13.6 Å². The van der Waals surface area contributed by atoms with Gasteiger partial charge in [-0.3, -0.25) is 0 Å². The molecule has 0 spiro atoms. The van der Waals surface area contributed by atoms with Gasteiger partial charge in [0.05, 0.1) is 4.90 Å². The van der Waals surface area contributed by atoms with Crippen molar-refractivity contribution < 1.29 is 8.42 Å². The first-order valence-corrected chi connectivity index (χ1v) is 10.7. The van der Waals surface area contributed by atoms with E-state index in [1.54, 1.807) is 12.1 Å². The summed E-state index contributed by atoms with van der Waals surface area (Å²) in [5, 5.41) is 12.1. The maximum atomic E-state index is 11.3. The van der Waals surface area contributed by atoms with Gasteiger partial charge in [0.2, 0.25) is 10.0 Å². The Balaban J connectivity index is 1.57. The molecule has 0 saturated carbocycles. The number of sulfonamides is 1. The van der Waals surface area contributed by atoms with Gasteiger partial charge < -0.3 is 10.6 Å². The van der Waals surface area contributed by atoms with Crippen LogP contribution in [0.15, 0.2) is 83.8 Å². The number of primary sulfonamides is 1. The van der Waals surface area contributed by atoms with Gasteiger partial charge in [-0.2, -0.15) is 0 Å². The van der Waals surface area contributed by atoms with Crippen molar-refractivity contribution in [2.24, 2.45) is 5.14 Å². The lowest BCUT2D eigenvalue weighted by Gasteiger charge is -2.14. The molecule has 3 rings (SSSR count). The molecule has 0 fully saturated rings. The second kappa shape index (κ2) is 8.97. The van der Waals surface area contributed by atoms with E-state index in [1.807, 2.05) is 42.5 Å². The van der Waals surface area contributed by atoms with Gasteiger partial charge in [0, 0.05) is 17.8 Å². The maximum absolute atomic E-state index is 11.3. The highest BCUT2D eigenvalue weighted by atomic mass is 32.2. The van der Waals surface area contributed by atoms with E-state index in [0.717, 1.165) is 22.4 Å². The largest absolute Gasteiger partial charge is 0.362 e. The number of hydrogen-bond acceptors (Lipinski definition) is 3. The smallest absolute Gasteiger partial charge is 0.238 e. The predicted octanol–water partition coefficient (Wildman–Crippen LogP) is 3.53. The molecule has 28 heavy (non-hydrogen) atoms. The Morgan fingerprint density at radius 1 is 0.893 bits per heavy atom. The summed E-state index contributed by atoms with van der Waals surface area (Å²) in [5.74, 6) is 0. The van der Waals surface area contributed by atoms with Crippen molar-refractivity contribution in [3.63, 3.8) is 0 Å². The molecule has 4 N–H and O–H groups in total. The van der Waals surface area contributed by atoms with E-state index in [9.17, 15) is 8.42 Å². The van der Waals surface area contributed by atoms with Crippen LogP contribution in [-0.4, -0.2) is 20.1 Å². The van der Waals surface area contributed by atoms with Crippen LogP contribution in [0.3, 0.4) is 0 Å². The molecule has 7 heteroatoms. The Morgan fingerprint density at radius 3 is 2.21 bits per heavy atom. The number of anilines is 1. The molecule has 0 atom stereocenters. The molecule has 3 aromatic rings. The molecular formula is C21H21N3O2S2. The summed E-state index contributed by atoms with van der Waals surface area (Å²) < 4.78 is 22.6. The fourth-order valence-electron chi connectivity index (χ4n) is 2.79. The number of nitrogens with two attached hydrogens (primary N) is 1. The number of para-hydroxylation sites is 1. The Morgan fingerprint density at radius 2 is 1.54 bits per heavy atom. The number of nitrogens with one attached hydrogen (secondary N) is 2. The van der Waals surface area contributed by atoms with Crippen molar-refractivity contribution in [1.82, 2.24) is 5.32 Å². The third-order valence-electron chi connectivity index (χ3n) is 4.21. The standard InChI is InChI=1S/C21H21N3O2S2/c22-28(25,26)18-12-10-16(11-13-18)14-15-23-21(27)24-20-9-5-4-8-19(20)17-6-2-1-3-7-17/h1-13H,14-15H2,(H2,22,25,26)(H2,23,24,27). The summed E-state index contributed by atoms with van der Waals surface area (Å²) in [7, 11) is -3.66. The van der Waals surface area contributed by atoms with Crippen molar-refractivity contribution in [2.75, 3.05) is 11.9 Å². The normalized spacial score (nSPS) is 11.0. The Hall–Kier alpha value is -2.74. The van der Waals surface area contributed by atoms with E-state index in [0.29, 0.717) is 18.1 Å². The van der Waals surface area contributed by atoms with E-state index in [4.69, 9.17) is 17.4 Å². The number of rotatable bonds is 6. The molecule has 5 nitrogen and oxygen atoms in total. The zero-order valence-corrected chi connectivity index (χ0v) is 16.8. The lowest BCUT2D eigenvalue weighted by molar-refractivity contribution is 0.598. The van der Waals surface area contributed by atoms with Gasteiger partial charge in [-0.1, -0.05) is 60.7 Å². The van der Waals surface area contributed by atoms with Crippen LogP contribution < -0.4 is 15.8 Å².